The molecule has 0 saturated heterocycles. The lowest BCUT2D eigenvalue weighted by atomic mass is 10.1. The Kier molecular flexibility index (Phi) is 6.06. The summed E-state index contributed by atoms with van der Waals surface area (Å²) in [5.74, 6) is 0.127. The average molecular weight is 496 g/mol. The van der Waals surface area contributed by atoms with Gasteiger partial charge in [0, 0.05) is 36.0 Å². The van der Waals surface area contributed by atoms with Gasteiger partial charge in [0.15, 0.2) is 0 Å². The van der Waals surface area contributed by atoms with Gasteiger partial charge in [-0.2, -0.15) is 33.2 Å². The number of fused-ring (bicyclic) bond motifs is 1. The van der Waals surface area contributed by atoms with Gasteiger partial charge in [0.1, 0.15) is 18.3 Å². The molecule has 4 heterocycles. The number of rotatable bonds is 8. The van der Waals surface area contributed by atoms with Gasteiger partial charge in [-0.3, -0.25) is 0 Å². The number of aromatic nitrogens is 8. The number of anilines is 4. The van der Waals surface area contributed by atoms with Gasteiger partial charge in [0.05, 0.1) is 17.9 Å². The number of hydrogen-bond acceptors (Lipinski definition) is 9. The van der Waals surface area contributed by atoms with Crippen LogP contribution in [-0.2, 0) is 6.18 Å². The third kappa shape index (κ3) is 5.16. The summed E-state index contributed by atoms with van der Waals surface area (Å²) in [6.45, 7) is 2.27. The summed E-state index contributed by atoms with van der Waals surface area (Å²) in [6, 6.07) is 7.01. The minimum Gasteiger partial charge on any atom is -0.463 e. The SMILES string of the molecule is CCCOc1nc(Nc2cc(-n3cncn3)cc(C(F)(F)F)c2)nc(Nc2ccn3ccnc3c2)n1. The molecule has 11 nitrogen and oxygen atoms in total. The summed E-state index contributed by atoms with van der Waals surface area (Å²) < 4.78 is 49.4. The third-order valence-electron chi connectivity index (χ3n) is 4.89. The molecule has 14 heteroatoms. The number of nitrogens with one attached hydrogen (secondary N) is 2. The van der Waals surface area contributed by atoms with E-state index in [-0.39, 0.29) is 29.3 Å². The maximum Gasteiger partial charge on any atom is 0.416 e. The van der Waals surface area contributed by atoms with Gasteiger partial charge in [-0.05, 0) is 30.7 Å². The van der Waals surface area contributed by atoms with Crippen LogP contribution in [0, 0.1) is 0 Å². The fourth-order valence-electron chi connectivity index (χ4n) is 3.29. The summed E-state index contributed by atoms with van der Waals surface area (Å²) in [5.41, 5.74) is 0.737. The van der Waals surface area contributed by atoms with Crippen molar-refractivity contribution >= 4 is 28.9 Å². The van der Waals surface area contributed by atoms with Gasteiger partial charge in [-0.25, -0.2) is 14.6 Å². The largest absolute Gasteiger partial charge is 0.463 e. The number of benzene rings is 1. The Morgan fingerprint density at radius 1 is 0.972 bits per heavy atom. The van der Waals surface area contributed by atoms with Gasteiger partial charge in [-0.1, -0.05) is 6.92 Å². The van der Waals surface area contributed by atoms with E-state index in [1.54, 1.807) is 18.3 Å². The highest BCUT2D eigenvalue weighted by molar-refractivity contribution is 5.63. The van der Waals surface area contributed by atoms with Crippen LogP contribution >= 0.6 is 0 Å². The lowest BCUT2D eigenvalue weighted by Gasteiger charge is -2.14. The molecular formula is C22H19F3N10O. The molecule has 4 aromatic heterocycles. The lowest BCUT2D eigenvalue weighted by molar-refractivity contribution is -0.137. The van der Waals surface area contributed by atoms with Gasteiger partial charge in [-0.15, -0.1) is 0 Å². The number of hydrogen-bond donors (Lipinski definition) is 2. The molecule has 0 bridgehead atoms. The average Bonchev–Trinajstić information content (AvgIpc) is 3.54. The third-order valence-corrected chi connectivity index (χ3v) is 4.89. The zero-order chi connectivity index (χ0) is 25.1. The van der Waals surface area contributed by atoms with E-state index in [9.17, 15) is 13.2 Å². The number of pyridine rings is 1. The Labute approximate surface area is 202 Å². The number of imidazole rings is 1. The first-order chi connectivity index (χ1) is 17.4. The molecule has 5 rings (SSSR count). The summed E-state index contributed by atoms with van der Waals surface area (Å²) in [6.07, 6.45) is 3.95. The summed E-state index contributed by atoms with van der Waals surface area (Å²) in [4.78, 5) is 20.8. The first-order valence-corrected chi connectivity index (χ1v) is 10.8. The highest BCUT2D eigenvalue weighted by Gasteiger charge is 2.31. The van der Waals surface area contributed by atoms with Crippen LogP contribution in [0.25, 0.3) is 11.3 Å². The first kappa shape index (κ1) is 23.0. The Bertz CT molecular complexity index is 1480. The Morgan fingerprint density at radius 3 is 2.50 bits per heavy atom. The molecule has 0 radical (unpaired) electrons. The molecule has 0 unspecified atom stereocenters. The van der Waals surface area contributed by atoms with Crippen LogP contribution in [0.3, 0.4) is 0 Å². The van der Waals surface area contributed by atoms with E-state index < -0.39 is 11.7 Å². The quantitative estimate of drug-likeness (QED) is 0.322. The normalized spacial score (nSPS) is 11.6. The molecule has 1 aromatic carbocycles. The van der Waals surface area contributed by atoms with Crippen molar-refractivity contribution < 1.29 is 17.9 Å². The van der Waals surface area contributed by atoms with Crippen LogP contribution < -0.4 is 15.4 Å². The minimum atomic E-state index is -4.58. The molecular weight excluding hydrogens is 477 g/mol. The van der Waals surface area contributed by atoms with E-state index in [1.807, 2.05) is 23.7 Å². The molecule has 0 aliphatic carbocycles. The van der Waals surface area contributed by atoms with Crippen molar-refractivity contribution in [3.05, 3.63) is 67.1 Å². The Hall–Kier alpha value is -4.75. The van der Waals surface area contributed by atoms with Crippen LogP contribution in [0.4, 0.5) is 36.4 Å². The van der Waals surface area contributed by atoms with Crippen LogP contribution in [0.5, 0.6) is 6.01 Å². The Balaban J connectivity index is 1.49. The molecule has 0 atom stereocenters. The van der Waals surface area contributed by atoms with E-state index in [2.05, 4.69) is 40.7 Å². The van der Waals surface area contributed by atoms with Gasteiger partial charge >= 0.3 is 12.2 Å². The molecule has 36 heavy (non-hydrogen) atoms. The second-order valence-electron chi connectivity index (χ2n) is 7.58. The zero-order valence-electron chi connectivity index (χ0n) is 18.8. The highest BCUT2D eigenvalue weighted by Crippen LogP contribution is 2.33. The molecule has 0 spiro atoms. The maximum absolute atomic E-state index is 13.6. The van der Waals surface area contributed by atoms with Crippen LogP contribution in [0.15, 0.2) is 61.6 Å². The molecule has 0 saturated carbocycles. The molecule has 0 aliphatic rings. The number of ether oxygens (including phenoxy) is 1. The van der Waals surface area contributed by atoms with Gasteiger partial charge < -0.3 is 19.8 Å². The van der Waals surface area contributed by atoms with Gasteiger partial charge in [0.25, 0.3) is 0 Å². The van der Waals surface area contributed by atoms with E-state index in [4.69, 9.17) is 4.74 Å². The molecule has 0 fully saturated rings. The predicted octanol–water partition coefficient (Wildman–Crippen LogP) is 4.39. The van der Waals surface area contributed by atoms with Crippen molar-refractivity contribution in [3.63, 3.8) is 0 Å². The van der Waals surface area contributed by atoms with E-state index in [0.29, 0.717) is 24.4 Å². The number of halogens is 3. The van der Waals surface area contributed by atoms with Crippen molar-refractivity contribution in [2.24, 2.45) is 0 Å². The maximum atomic E-state index is 13.6. The monoisotopic (exact) mass is 496 g/mol. The van der Waals surface area contributed by atoms with Crippen LogP contribution in [0.2, 0.25) is 0 Å². The minimum absolute atomic E-state index is 0.00985. The second kappa shape index (κ2) is 9.48. The van der Waals surface area contributed by atoms with Crippen molar-refractivity contribution in [1.82, 2.24) is 39.1 Å². The summed E-state index contributed by atoms with van der Waals surface area (Å²) in [5, 5.41) is 9.80. The molecule has 5 aromatic rings. The molecule has 184 valence electrons. The molecule has 2 N–H and O–H groups in total. The van der Waals surface area contributed by atoms with Crippen molar-refractivity contribution in [2.75, 3.05) is 17.2 Å². The number of nitrogens with zero attached hydrogens (tertiary/aromatic N) is 8. The highest BCUT2D eigenvalue weighted by atomic mass is 19.4. The number of alkyl halides is 3. The molecule has 0 aliphatic heterocycles. The summed E-state index contributed by atoms with van der Waals surface area (Å²) >= 11 is 0. The van der Waals surface area contributed by atoms with Crippen molar-refractivity contribution in [3.8, 4) is 11.7 Å². The molecule has 0 amide bonds. The van der Waals surface area contributed by atoms with Crippen molar-refractivity contribution in [2.45, 2.75) is 19.5 Å². The van der Waals surface area contributed by atoms with Crippen LogP contribution in [-0.4, -0.2) is 45.7 Å². The smallest absolute Gasteiger partial charge is 0.416 e. The fraction of sp³-hybridized carbons (Fsp3) is 0.182. The van der Waals surface area contributed by atoms with E-state index >= 15 is 0 Å². The predicted molar refractivity (Wildman–Crippen MR) is 124 cm³/mol. The van der Waals surface area contributed by atoms with E-state index in [1.165, 1.54) is 23.4 Å². The standard InChI is InChI=1S/C22H19F3N10O/c1-2-7-36-21-32-19(29-15-3-5-34-6-4-27-18(34)11-15)31-20(33-21)30-16-8-14(22(23,24)25)9-17(10-16)35-13-26-12-28-35/h3-6,8-13H,2,7H2,1H3,(H2,29,30,31,32,33). The second-order valence-corrected chi connectivity index (χ2v) is 7.58. The topological polar surface area (TPSA) is 120 Å². The first-order valence-electron chi connectivity index (χ1n) is 10.8. The van der Waals surface area contributed by atoms with Gasteiger partial charge in [0.2, 0.25) is 11.9 Å². The van der Waals surface area contributed by atoms with E-state index in [0.717, 1.165) is 12.1 Å². The lowest BCUT2D eigenvalue weighted by Crippen LogP contribution is -2.10. The van der Waals surface area contributed by atoms with Crippen LogP contribution in [0.1, 0.15) is 18.9 Å². The fourth-order valence-corrected chi connectivity index (χ4v) is 3.29. The summed E-state index contributed by atoms with van der Waals surface area (Å²) in [7, 11) is 0. The zero-order valence-corrected chi connectivity index (χ0v) is 18.8. The van der Waals surface area contributed by atoms with Crippen molar-refractivity contribution in [1.29, 1.82) is 0 Å². The Morgan fingerprint density at radius 2 is 1.78 bits per heavy atom.